The molecule has 24 heavy (non-hydrogen) atoms. The molecule has 132 valence electrons. The van der Waals surface area contributed by atoms with Gasteiger partial charge >= 0.3 is 0 Å². The summed E-state index contributed by atoms with van der Waals surface area (Å²) >= 11 is 6.33. The van der Waals surface area contributed by atoms with E-state index in [1.807, 2.05) is 17.0 Å². The first kappa shape index (κ1) is 17.4. The highest BCUT2D eigenvalue weighted by molar-refractivity contribution is 6.32. The molecule has 3 aliphatic heterocycles. The molecule has 2 atom stereocenters. The first-order chi connectivity index (χ1) is 11.5. The summed E-state index contributed by atoms with van der Waals surface area (Å²) in [6.07, 6.45) is 2.35. The van der Waals surface area contributed by atoms with Crippen LogP contribution in [0.3, 0.4) is 0 Å². The van der Waals surface area contributed by atoms with Crippen LogP contribution in [-0.2, 0) is 11.3 Å². The summed E-state index contributed by atoms with van der Waals surface area (Å²) in [6.45, 7) is 5.22. The Morgan fingerprint density at radius 1 is 1.21 bits per heavy atom. The van der Waals surface area contributed by atoms with E-state index in [1.165, 1.54) is 6.42 Å². The van der Waals surface area contributed by atoms with Crippen LogP contribution >= 0.6 is 11.6 Å². The molecule has 0 N–H and O–H groups in total. The maximum Gasteiger partial charge on any atom is 0.219 e. The van der Waals surface area contributed by atoms with Crippen molar-refractivity contribution in [3.05, 3.63) is 22.7 Å². The van der Waals surface area contributed by atoms with Gasteiger partial charge in [-0.05, 0) is 36.5 Å². The van der Waals surface area contributed by atoms with Gasteiger partial charge in [0.05, 0.1) is 19.2 Å². The zero-order valence-corrected chi connectivity index (χ0v) is 15.3. The third-order valence-electron chi connectivity index (χ3n) is 5.15. The van der Waals surface area contributed by atoms with Crippen LogP contribution in [-0.4, -0.2) is 55.6 Å². The monoisotopic (exact) mass is 352 g/mol. The average Bonchev–Trinajstić information content (AvgIpc) is 2.86. The van der Waals surface area contributed by atoms with Gasteiger partial charge in [-0.1, -0.05) is 11.6 Å². The molecule has 3 fully saturated rings. The molecule has 2 bridgehead atoms. The van der Waals surface area contributed by atoms with Gasteiger partial charge in [-0.2, -0.15) is 0 Å². The second-order valence-electron chi connectivity index (χ2n) is 6.76. The summed E-state index contributed by atoms with van der Waals surface area (Å²) in [4.78, 5) is 16.3. The molecule has 0 radical (unpaired) electrons. The van der Waals surface area contributed by atoms with Crippen LogP contribution in [0.1, 0.15) is 25.3 Å². The van der Waals surface area contributed by atoms with Crippen LogP contribution in [0.25, 0.3) is 0 Å². The highest BCUT2D eigenvalue weighted by Gasteiger charge is 2.35. The zero-order valence-electron chi connectivity index (χ0n) is 14.5. The number of amides is 1. The number of benzene rings is 1. The van der Waals surface area contributed by atoms with Crippen molar-refractivity contribution in [2.75, 3.05) is 33.9 Å². The third-order valence-corrected chi connectivity index (χ3v) is 5.43. The van der Waals surface area contributed by atoms with Gasteiger partial charge in [0.15, 0.2) is 11.5 Å². The van der Waals surface area contributed by atoms with E-state index in [1.54, 1.807) is 21.1 Å². The maximum absolute atomic E-state index is 11.8. The molecular formula is C18H25ClN2O3. The fourth-order valence-corrected chi connectivity index (χ4v) is 4.24. The minimum Gasteiger partial charge on any atom is -0.493 e. The first-order valence-electron chi connectivity index (χ1n) is 8.41. The lowest BCUT2D eigenvalue weighted by atomic mass is 9.94. The van der Waals surface area contributed by atoms with Gasteiger partial charge in [0.25, 0.3) is 0 Å². The van der Waals surface area contributed by atoms with Gasteiger partial charge < -0.3 is 14.4 Å². The first-order valence-corrected chi connectivity index (χ1v) is 8.79. The van der Waals surface area contributed by atoms with Crippen molar-refractivity contribution in [3.8, 4) is 11.5 Å². The molecule has 4 rings (SSSR count). The number of halogens is 1. The number of piperidine rings is 1. The van der Waals surface area contributed by atoms with Gasteiger partial charge in [0.2, 0.25) is 5.91 Å². The van der Waals surface area contributed by atoms with Crippen LogP contribution < -0.4 is 9.47 Å². The van der Waals surface area contributed by atoms with E-state index in [9.17, 15) is 4.79 Å². The summed E-state index contributed by atoms with van der Waals surface area (Å²) < 4.78 is 10.7. The molecule has 3 heterocycles. The van der Waals surface area contributed by atoms with Crippen molar-refractivity contribution in [2.45, 2.75) is 32.4 Å². The van der Waals surface area contributed by atoms with Crippen LogP contribution in [0.4, 0.5) is 0 Å². The van der Waals surface area contributed by atoms with Gasteiger partial charge in [-0.25, -0.2) is 0 Å². The number of fused-ring (bicyclic) bond motifs is 4. The summed E-state index contributed by atoms with van der Waals surface area (Å²) in [5, 5.41) is 0.567. The van der Waals surface area contributed by atoms with E-state index in [2.05, 4.69) is 4.90 Å². The number of rotatable bonds is 4. The van der Waals surface area contributed by atoms with E-state index < -0.39 is 0 Å². The Kier molecular flexibility index (Phi) is 5.21. The quantitative estimate of drug-likeness (QED) is 0.835. The van der Waals surface area contributed by atoms with Gasteiger partial charge in [0, 0.05) is 39.1 Å². The second kappa shape index (κ2) is 7.19. The largest absolute Gasteiger partial charge is 0.493 e. The van der Waals surface area contributed by atoms with Crippen molar-refractivity contribution < 1.29 is 14.3 Å². The molecule has 1 amide bonds. The lowest BCUT2D eigenvalue weighted by Gasteiger charge is -2.36. The topological polar surface area (TPSA) is 42.0 Å². The van der Waals surface area contributed by atoms with Gasteiger partial charge in [-0.15, -0.1) is 0 Å². The third kappa shape index (κ3) is 3.47. The Morgan fingerprint density at radius 3 is 2.67 bits per heavy atom. The van der Waals surface area contributed by atoms with Crippen molar-refractivity contribution in [2.24, 2.45) is 5.92 Å². The van der Waals surface area contributed by atoms with Crippen LogP contribution in [0.15, 0.2) is 12.1 Å². The number of nitrogens with zero attached hydrogens (tertiary/aromatic N) is 2. The number of carbonyl (C=O) groups excluding carboxylic acids is 1. The number of hydrogen-bond donors (Lipinski definition) is 0. The summed E-state index contributed by atoms with van der Waals surface area (Å²) in [6, 6.07) is 4.36. The van der Waals surface area contributed by atoms with E-state index in [4.69, 9.17) is 21.1 Å². The number of carbonyl (C=O) groups is 1. The number of ether oxygens (including phenoxy) is 2. The molecule has 0 unspecified atom stereocenters. The average molecular weight is 353 g/mol. The molecule has 6 heteroatoms. The SMILES string of the molecule is COc1cc(CN2C[C@H]3CC[C@@H]2CN(C(C)=O)C3)cc(Cl)c1OC. The van der Waals surface area contributed by atoms with E-state index in [0.717, 1.165) is 38.2 Å². The van der Waals surface area contributed by atoms with Crippen molar-refractivity contribution in [1.29, 1.82) is 0 Å². The fourth-order valence-electron chi connectivity index (χ4n) is 3.93. The lowest BCUT2D eigenvalue weighted by molar-refractivity contribution is -0.129. The smallest absolute Gasteiger partial charge is 0.219 e. The Morgan fingerprint density at radius 2 is 2.00 bits per heavy atom. The molecule has 0 aromatic heterocycles. The van der Waals surface area contributed by atoms with E-state index in [0.29, 0.717) is 28.5 Å². The maximum atomic E-state index is 11.8. The van der Waals surface area contributed by atoms with Crippen LogP contribution in [0.5, 0.6) is 11.5 Å². The molecule has 0 spiro atoms. The highest BCUT2D eigenvalue weighted by atomic mass is 35.5. The standard InChI is InChI=1S/C18H25ClN2O3/c1-12(22)20-8-13-4-5-15(11-20)21(9-13)10-14-6-16(19)18(24-3)17(7-14)23-2/h6-7,13,15H,4-5,8-11H2,1-3H3/t13-,15+/m0/s1. The predicted molar refractivity (Wildman–Crippen MR) is 93.7 cm³/mol. The summed E-state index contributed by atoms with van der Waals surface area (Å²) in [5.74, 6) is 1.97. The van der Waals surface area contributed by atoms with Crippen LogP contribution in [0.2, 0.25) is 5.02 Å². The van der Waals surface area contributed by atoms with Crippen molar-refractivity contribution in [1.82, 2.24) is 9.80 Å². The zero-order chi connectivity index (χ0) is 17.3. The molecule has 0 saturated carbocycles. The molecule has 3 saturated heterocycles. The Hall–Kier alpha value is -1.46. The highest BCUT2D eigenvalue weighted by Crippen LogP contribution is 2.37. The van der Waals surface area contributed by atoms with E-state index >= 15 is 0 Å². The van der Waals surface area contributed by atoms with Crippen molar-refractivity contribution in [3.63, 3.8) is 0 Å². The molecule has 5 nitrogen and oxygen atoms in total. The van der Waals surface area contributed by atoms with Gasteiger partial charge in [-0.3, -0.25) is 9.69 Å². The molecule has 1 aromatic carbocycles. The van der Waals surface area contributed by atoms with E-state index in [-0.39, 0.29) is 5.91 Å². The molecule has 1 aromatic rings. The molecule has 3 aliphatic rings. The van der Waals surface area contributed by atoms with Gasteiger partial charge in [0.1, 0.15) is 0 Å². The molecule has 0 aliphatic carbocycles. The second-order valence-corrected chi connectivity index (χ2v) is 7.17. The van der Waals surface area contributed by atoms with Crippen molar-refractivity contribution >= 4 is 17.5 Å². The Balaban J connectivity index is 1.79. The minimum absolute atomic E-state index is 0.183. The Bertz CT molecular complexity index is 623. The van der Waals surface area contributed by atoms with Crippen LogP contribution in [0, 0.1) is 5.92 Å². The Labute approximate surface area is 148 Å². The summed E-state index contributed by atoms with van der Waals surface area (Å²) in [7, 11) is 3.21. The number of hydrogen-bond acceptors (Lipinski definition) is 4. The number of methoxy groups -OCH3 is 2. The lowest BCUT2D eigenvalue weighted by Crippen LogP contribution is -2.43. The fraction of sp³-hybridized carbons (Fsp3) is 0.611. The molecular weight excluding hydrogens is 328 g/mol. The summed E-state index contributed by atoms with van der Waals surface area (Å²) in [5.41, 5.74) is 1.11. The predicted octanol–water partition coefficient (Wildman–Crippen LogP) is 2.80. The normalized spacial score (nSPS) is 23.9. The minimum atomic E-state index is 0.183.